The summed E-state index contributed by atoms with van der Waals surface area (Å²) in [5.41, 5.74) is 7.09. The topological polar surface area (TPSA) is 26.0 Å². The summed E-state index contributed by atoms with van der Waals surface area (Å²) in [5, 5.41) is 0. The van der Waals surface area contributed by atoms with Crippen molar-refractivity contribution < 1.29 is 0 Å². The van der Waals surface area contributed by atoms with Crippen LogP contribution in [0, 0.1) is 94.7 Å². The molecule has 16 atom stereocenters. The van der Waals surface area contributed by atoms with Gasteiger partial charge in [-0.25, -0.2) is 0 Å². The van der Waals surface area contributed by atoms with Crippen molar-refractivity contribution in [1.82, 2.24) is 0 Å². The first-order valence-corrected chi connectivity index (χ1v) is 16.3. The van der Waals surface area contributed by atoms with Crippen LogP contribution < -0.4 is 5.73 Å². The molecule has 0 aliphatic heterocycles. The van der Waals surface area contributed by atoms with Crippen LogP contribution in [0.15, 0.2) is 0 Å². The maximum absolute atomic E-state index is 7.09. The van der Waals surface area contributed by atoms with Crippen molar-refractivity contribution in [2.75, 3.05) is 0 Å². The highest BCUT2D eigenvalue weighted by Crippen LogP contribution is 2.54. The lowest BCUT2D eigenvalue weighted by molar-refractivity contribution is 0.0798. The molecule has 216 valence electrons. The average molecular weight is 506 g/mol. The Morgan fingerprint density at radius 2 is 0.806 bits per heavy atom. The molecule has 0 saturated heterocycles. The standard InChI is InChI=1S/C35H71N/c1-17-20(4)22(6)23(7)24(8)25(9)26(10)28(12)31(15)35(36)32(16)29(13)27(11)30(14)34-18-33(34)21(5)19(2)3/h19-35H,17-18,36H2,1-16H3. The monoisotopic (exact) mass is 506 g/mol. The number of rotatable bonds is 16. The Balaban J connectivity index is 2.77. The summed E-state index contributed by atoms with van der Waals surface area (Å²) in [5.74, 6) is 12.0. The van der Waals surface area contributed by atoms with Crippen LogP contribution >= 0.6 is 0 Å². The van der Waals surface area contributed by atoms with Crippen LogP contribution in [0.3, 0.4) is 0 Å². The molecule has 0 amide bonds. The predicted octanol–water partition coefficient (Wildman–Crippen LogP) is 10.3. The van der Waals surface area contributed by atoms with Crippen LogP contribution in [0.5, 0.6) is 0 Å². The largest absolute Gasteiger partial charge is 0.327 e. The first-order chi connectivity index (χ1) is 16.5. The van der Waals surface area contributed by atoms with Crippen LogP contribution in [-0.4, -0.2) is 6.04 Å². The molecule has 1 aliphatic carbocycles. The van der Waals surface area contributed by atoms with Crippen molar-refractivity contribution in [3.8, 4) is 0 Å². The van der Waals surface area contributed by atoms with Crippen molar-refractivity contribution in [3.05, 3.63) is 0 Å². The van der Waals surface area contributed by atoms with E-state index in [1.165, 1.54) is 12.8 Å². The van der Waals surface area contributed by atoms with E-state index < -0.39 is 0 Å². The van der Waals surface area contributed by atoms with Gasteiger partial charge in [-0.3, -0.25) is 0 Å². The molecule has 16 unspecified atom stereocenters. The minimum atomic E-state index is 0.274. The highest BCUT2D eigenvalue weighted by atomic mass is 14.7. The molecule has 1 nitrogen and oxygen atoms in total. The van der Waals surface area contributed by atoms with Gasteiger partial charge in [0.05, 0.1) is 0 Å². The third-order valence-electron chi connectivity index (χ3n) is 13.5. The van der Waals surface area contributed by atoms with Gasteiger partial charge in [0.25, 0.3) is 0 Å². The molecule has 1 aliphatic rings. The smallest absolute Gasteiger partial charge is 0.00956 e. The number of nitrogens with two attached hydrogens (primary N) is 1. The van der Waals surface area contributed by atoms with Gasteiger partial charge in [0, 0.05) is 6.04 Å². The second-order valence-electron chi connectivity index (χ2n) is 15.1. The Labute approximate surface area is 229 Å². The van der Waals surface area contributed by atoms with E-state index in [9.17, 15) is 0 Å². The second-order valence-corrected chi connectivity index (χ2v) is 15.1. The molecule has 1 saturated carbocycles. The summed E-state index contributed by atoms with van der Waals surface area (Å²) in [6.45, 7) is 39.5. The molecule has 36 heavy (non-hydrogen) atoms. The Kier molecular flexibility index (Phi) is 13.6. The van der Waals surface area contributed by atoms with E-state index in [0.29, 0.717) is 29.6 Å². The average Bonchev–Trinajstić information content (AvgIpc) is 3.67. The first kappa shape index (κ1) is 34.0. The molecular formula is C35H71N. The van der Waals surface area contributed by atoms with Crippen molar-refractivity contribution in [2.45, 2.75) is 130 Å². The van der Waals surface area contributed by atoms with Crippen LogP contribution in [-0.2, 0) is 0 Å². The zero-order chi connectivity index (χ0) is 28.2. The van der Waals surface area contributed by atoms with Crippen LogP contribution in [0.2, 0.25) is 0 Å². The van der Waals surface area contributed by atoms with Gasteiger partial charge in [0.2, 0.25) is 0 Å². The summed E-state index contributed by atoms with van der Waals surface area (Å²) >= 11 is 0. The first-order valence-electron chi connectivity index (χ1n) is 16.3. The third kappa shape index (κ3) is 7.99. The number of hydrogen-bond donors (Lipinski definition) is 1. The van der Waals surface area contributed by atoms with Gasteiger partial charge in [-0.1, -0.05) is 117 Å². The third-order valence-corrected chi connectivity index (χ3v) is 13.5. The molecule has 0 bridgehead atoms. The van der Waals surface area contributed by atoms with Crippen LogP contribution in [0.4, 0.5) is 0 Å². The molecular weight excluding hydrogens is 434 g/mol. The van der Waals surface area contributed by atoms with Crippen molar-refractivity contribution in [2.24, 2.45) is 100 Å². The predicted molar refractivity (Wildman–Crippen MR) is 164 cm³/mol. The summed E-state index contributed by atoms with van der Waals surface area (Å²) < 4.78 is 0. The lowest BCUT2D eigenvalue weighted by atomic mass is 9.64. The Hall–Kier alpha value is -0.0400. The fourth-order valence-corrected chi connectivity index (χ4v) is 7.75. The molecule has 0 spiro atoms. The molecule has 0 aromatic heterocycles. The van der Waals surface area contributed by atoms with E-state index in [0.717, 1.165) is 65.1 Å². The van der Waals surface area contributed by atoms with Gasteiger partial charge in [0.15, 0.2) is 0 Å². The van der Waals surface area contributed by atoms with E-state index in [4.69, 9.17) is 5.73 Å². The van der Waals surface area contributed by atoms with Gasteiger partial charge >= 0.3 is 0 Å². The Bertz CT molecular complexity index is 612. The summed E-state index contributed by atoms with van der Waals surface area (Å²) in [4.78, 5) is 0. The van der Waals surface area contributed by atoms with Crippen LogP contribution in [0.25, 0.3) is 0 Å². The van der Waals surface area contributed by atoms with Gasteiger partial charge in [-0.2, -0.15) is 0 Å². The normalized spacial score (nSPS) is 30.2. The van der Waals surface area contributed by atoms with Crippen molar-refractivity contribution in [1.29, 1.82) is 0 Å². The molecule has 1 heteroatoms. The van der Waals surface area contributed by atoms with E-state index in [1.807, 2.05) is 0 Å². The highest BCUT2D eigenvalue weighted by molar-refractivity contribution is 4.96. The minimum Gasteiger partial charge on any atom is -0.327 e. The fraction of sp³-hybridized carbons (Fsp3) is 1.00. The van der Waals surface area contributed by atoms with E-state index in [-0.39, 0.29) is 6.04 Å². The van der Waals surface area contributed by atoms with E-state index in [2.05, 4.69) is 111 Å². The fourth-order valence-electron chi connectivity index (χ4n) is 7.75. The zero-order valence-corrected chi connectivity index (χ0v) is 27.8. The quantitative estimate of drug-likeness (QED) is 0.222. The molecule has 0 aromatic carbocycles. The van der Waals surface area contributed by atoms with Gasteiger partial charge in [0.1, 0.15) is 0 Å². The second kappa shape index (κ2) is 14.4. The molecule has 0 heterocycles. The Morgan fingerprint density at radius 1 is 0.472 bits per heavy atom. The maximum Gasteiger partial charge on any atom is 0.00956 e. The minimum absolute atomic E-state index is 0.274. The van der Waals surface area contributed by atoms with E-state index >= 15 is 0 Å². The van der Waals surface area contributed by atoms with Gasteiger partial charge in [-0.15, -0.1) is 0 Å². The van der Waals surface area contributed by atoms with Crippen LogP contribution in [0.1, 0.15) is 124 Å². The SMILES string of the molecule is CCC(C)C(C)C(C)C(C)C(C)C(C)C(C)C(C)C(N)C(C)C(C)C(C)C(C)C1CC1C(C)C(C)C. The Morgan fingerprint density at radius 3 is 1.19 bits per heavy atom. The number of hydrogen-bond acceptors (Lipinski definition) is 1. The summed E-state index contributed by atoms with van der Waals surface area (Å²) in [7, 11) is 0. The highest BCUT2D eigenvalue weighted by Gasteiger charge is 2.47. The lowest BCUT2D eigenvalue weighted by Crippen LogP contribution is -2.44. The summed E-state index contributed by atoms with van der Waals surface area (Å²) in [6.07, 6.45) is 2.74. The summed E-state index contributed by atoms with van der Waals surface area (Å²) in [6, 6.07) is 0.274. The maximum atomic E-state index is 7.09. The van der Waals surface area contributed by atoms with Crippen molar-refractivity contribution in [3.63, 3.8) is 0 Å². The van der Waals surface area contributed by atoms with Gasteiger partial charge in [-0.05, 0) is 101 Å². The lowest BCUT2D eigenvalue weighted by Gasteiger charge is -2.42. The molecule has 0 aromatic rings. The molecule has 0 radical (unpaired) electrons. The molecule has 2 N–H and O–H groups in total. The molecule has 1 fully saturated rings. The zero-order valence-electron chi connectivity index (χ0n) is 27.8. The van der Waals surface area contributed by atoms with E-state index in [1.54, 1.807) is 0 Å². The van der Waals surface area contributed by atoms with Crippen molar-refractivity contribution >= 4 is 0 Å². The molecule has 1 rings (SSSR count). The van der Waals surface area contributed by atoms with Gasteiger partial charge < -0.3 is 5.73 Å².